The second kappa shape index (κ2) is 7.49. The average molecular weight is 209 g/mol. The summed E-state index contributed by atoms with van der Waals surface area (Å²) in [7, 11) is 0. The highest BCUT2D eigenvalue weighted by atomic mass is 16.2. The highest BCUT2D eigenvalue weighted by Crippen LogP contribution is 2.12. The van der Waals surface area contributed by atoms with Crippen LogP contribution >= 0.6 is 0 Å². The summed E-state index contributed by atoms with van der Waals surface area (Å²) in [5.74, 6) is 0.106. The predicted octanol–water partition coefficient (Wildman–Crippen LogP) is 3.14. The zero-order chi connectivity index (χ0) is 10.9. The summed E-state index contributed by atoms with van der Waals surface area (Å²) in [6.45, 7) is 5.40. The van der Waals surface area contributed by atoms with Crippen LogP contribution in [0, 0.1) is 0 Å². The molecule has 86 valence electrons. The number of nitrogens with zero attached hydrogens (tertiary/aromatic N) is 1. The molecule has 1 amide bonds. The second-order valence-electron chi connectivity index (χ2n) is 4.36. The normalized spacial score (nSPS) is 20.4. The molecule has 1 aliphatic rings. The van der Waals surface area contributed by atoms with E-state index in [0.717, 1.165) is 25.9 Å². The molecule has 1 aliphatic heterocycles. The van der Waals surface area contributed by atoms with Gasteiger partial charge in [-0.3, -0.25) is 4.79 Å². The van der Waals surface area contributed by atoms with E-state index in [2.05, 4.69) is 6.58 Å². The minimum atomic E-state index is 0.106. The number of amides is 1. The first-order valence-corrected chi connectivity index (χ1v) is 6.26. The van der Waals surface area contributed by atoms with E-state index in [4.69, 9.17) is 0 Å². The van der Waals surface area contributed by atoms with Crippen LogP contribution < -0.4 is 0 Å². The quantitative estimate of drug-likeness (QED) is 0.608. The standard InChI is InChI=1S/C13H23NO/c1-2-13(15)14-11-9-7-5-3-4-6-8-10-12-14/h2H,1,3-12H2. The van der Waals surface area contributed by atoms with Crippen molar-refractivity contribution in [2.24, 2.45) is 0 Å². The fourth-order valence-electron chi connectivity index (χ4n) is 2.13. The van der Waals surface area contributed by atoms with Gasteiger partial charge in [-0.1, -0.05) is 45.1 Å². The molecule has 0 spiro atoms. The van der Waals surface area contributed by atoms with Crippen molar-refractivity contribution in [3.63, 3.8) is 0 Å². The lowest BCUT2D eigenvalue weighted by Crippen LogP contribution is -2.31. The first-order chi connectivity index (χ1) is 7.34. The molecule has 0 aromatic carbocycles. The Morgan fingerprint density at radius 3 is 1.67 bits per heavy atom. The van der Waals surface area contributed by atoms with Crippen molar-refractivity contribution in [3.05, 3.63) is 12.7 Å². The number of carbonyl (C=O) groups excluding carboxylic acids is 1. The van der Waals surface area contributed by atoms with Crippen molar-refractivity contribution in [3.8, 4) is 0 Å². The summed E-state index contributed by atoms with van der Waals surface area (Å²) < 4.78 is 0. The van der Waals surface area contributed by atoms with Gasteiger partial charge in [-0.15, -0.1) is 0 Å². The van der Waals surface area contributed by atoms with Crippen LogP contribution in [0.2, 0.25) is 0 Å². The Kier molecular flexibility index (Phi) is 6.14. The van der Waals surface area contributed by atoms with Crippen molar-refractivity contribution >= 4 is 5.91 Å². The van der Waals surface area contributed by atoms with E-state index in [-0.39, 0.29) is 5.91 Å². The van der Waals surface area contributed by atoms with Crippen LogP contribution in [0.4, 0.5) is 0 Å². The van der Waals surface area contributed by atoms with Crippen LogP contribution in [-0.4, -0.2) is 23.9 Å². The SMILES string of the molecule is C=CC(=O)N1CCCCCCCCCC1. The van der Waals surface area contributed by atoms with Crippen molar-refractivity contribution in [2.45, 2.75) is 51.4 Å². The van der Waals surface area contributed by atoms with Crippen LogP contribution in [0.1, 0.15) is 51.4 Å². The third-order valence-electron chi connectivity index (χ3n) is 3.09. The Morgan fingerprint density at radius 2 is 1.27 bits per heavy atom. The van der Waals surface area contributed by atoms with Gasteiger partial charge < -0.3 is 4.90 Å². The Balaban J connectivity index is 2.38. The molecule has 2 heteroatoms. The summed E-state index contributed by atoms with van der Waals surface area (Å²) >= 11 is 0. The average Bonchev–Trinajstić information content (AvgIpc) is 2.32. The lowest BCUT2D eigenvalue weighted by atomic mass is 10.1. The van der Waals surface area contributed by atoms with Gasteiger partial charge in [0.1, 0.15) is 0 Å². The van der Waals surface area contributed by atoms with Gasteiger partial charge >= 0.3 is 0 Å². The van der Waals surface area contributed by atoms with Crippen molar-refractivity contribution in [1.82, 2.24) is 4.90 Å². The van der Waals surface area contributed by atoms with Crippen molar-refractivity contribution < 1.29 is 4.79 Å². The van der Waals surface area contributed by atoms with E-state index < -0.39 is 0 Å². The van der Waals surface area contributed by atoms with Crippen molar-refractivity contribution in [2.75, 3.05) is 13.1 Å². The van der Waals surface area contributed by atoms with Crippen LogP contribution in [0.3, 0.4) is 0 Å². The van der Waals surface area contributed by atoms with Crippen LogP contribution in [0.25, 0.3) is 0 Å². The Hall–Kier alpha value is -0.790. The van der Waals surface area contributed by atoms with Gasteiger partial charge in [-0.25, -0.2) is 0 Å². The first kappa shape index (κ1) is 12.3. The summed E-state index contributed by atoms with van der Waals surface area (Å²) in [4.78, 5) is 13.5. The lowest BCUT2D eigenvalue weighted by Gasteiger charge is -2.20. The summed E-state index contributed by atoms with van der Waals surface area (Å²) in [5, 5.41) is 0. The molecule has 0 bridgehead atoms. The van der Waals surface area contributed by atoms with Gasteiger partial charge in [-0.05, 0) is 18.9 Å². The fraction of sp³-hybridized carbons (Fsp3) is 0.769. The van der Waals surface area contributed by atoms with Gasteiger partial charge in [0.15, 0.2) is 0 Å². The first-order valence-electron chi connectivity index (χ1n) is 6.26. The maximum absolute atomic E-state index is 11.5. The fourth-order valence-corrected chi connectivity index (χ4v) is 2.13. The van der Waals surface area contributed by atoms with E-state index >= 15 is 0 Å². The van der Waals surface area contributed by atoms with Crippen LogP contribution in [0.15, 0.2) is 12.7 Å². The predicted molar refractivity (Wildman–Crippen MR) is 63.7 cm³/mol. The Labute approximate surface area is 93.3 Å². The molecule has 0 aliphatic carbocycles. The summed E-state index contributed by atoms with van der Waals surface area (Å²) in [6, 6.07) is 0. The molecule has 15 heavy (non-hydrogen) atoms. The lowest BCUT2D eigenvalue weighted by molar-refractivity contribution is -0.126. The molecule has 0 N–H and O–H groups in total. The molecule has 0 unspecified atom stereocenters. The van der Waals surface area contributed by atoms with E-state index in [0.29, 0.717) is 0 Å². The molecule has 0 aromatic heterocycles. The zero-order valence-electron chi connectivity index (χ0n) is 9.71. The molecular weight excluding hydrogens is 186 g/mol. The highest BCUT2D eigenvalue weighted by molar-refractivity contribution is 5.86. The smallest absolute Gasteiger partial charge is 0.245 e. The molecule has 1 saturated heterocycles. The summed E-state index contributed by atoms with van der Waals surface area (Å²) in [6.07, 6.45) is 11.7. The van der Waals surface area contributed by atoms with Gasteiger partial charge in [0.25, 0.3) is 0 Å². The molecule has 1 fully saturated rings. The zero-order valence-corrected chi connectivity index (χ0v) is 9.71. The van der Waals surface area contributed by atoms with Crippen molar-refractivity contribution in [1.29, 1.82) is 0 Å². The van der Waals surface area contributed by atoms with Gasteiger partial charge in [-0.2, -0.15) is 0 Å². The minimum absolute atomic E-state index is 0.106. The highest BCUT2D eigenvalue weighted by Gasteiger charge is 2.09. The minimum Gasteiger partial charge on any atom is -0.339 e. The number of rotatable bonds is 1. The molecule has 2 nitrogen and oxygen atoms in total. The third-order valence-corrected chi connectivity index (χ3v) is 3.09. The molecule has 0 saturated carbocycles. The van der Waals surface area contributed by atoms with Gasteiger partial charge in [0, 0.05) is 13.1 Å². The van der Waals surface area contributed by atoms with Crippen LogP contribution in [-0.2, 0) is 4.79 Å². The number of hydrogen-bond donors (Lipinski definition) is 0. The monoisotopic (exact) mass is 209 g/mol. The Morgan fingerprint density at radius 1 is 0.867 bits per heavy atom. The third kappa shape index (κ3) is 5.01. The van der Waals surface area contributed by atoms with E-state index in [1.165, 1.54) is 44.6 Å². The summed E-state index contributed by atoms with van der Waals surface area (Å²) in [5.41, 5.74) is 0. The van der Waals surface area contributed by atoms with Crippen LogP contribution in [0.5, 0.6) is 0 Å². The maximum atomic E-state index is 11.5. The molecular formula is C13H23NO. The van der Waals surface area contributed by atoms with Gasteiger partial charge in [0.05, 0.1) is 0 Å². The number of hydrogen-bond acceptors (Lipinski definition) is 1. The number of carbonyl (C=O) groups is 1. The van der Waals surface area contributed by atoms with Gasteiger partial charge in [0.2, 0.25) is 5.91 Å². The second-order valence-corrected chi connectivity index (χ2v) is 4.36. The molecule has 0 aromatic rings. The Bertz CT molecular complexity index is 189. The molecule has 0 radical (unpaired) electrons. The van der Waals surface area contributed by atoms with E-state index in [9.17, 15) is 4.79 Å². The maximum Gasteiger partial charge on any atom is 0.245 e. The molecule has 1 heterocycles. The molecule has 1 rings (SSSR count). The van der Waals surface area contributed by atoms with E-state index in [1.807, 2.05) is 4.90 Å². The van der Waals surface area contributed by atoms with E-state index in [1.54, 1.807) is 0 Å². The molecule has 0 atom stereocenters. The largest absolute Gasteiger partial charge is 0.339 e. The topological polar surface area (TPSA) is 20.3 Å².